The fourth-order valence-corrected chi connectivity index (χ4v) is 4.22. The number of carbonyl (C=O) groups excluding carboxylic acids is 2. The van der Waals surface area contributed by atoms with Crippen LogP contribution in [0.3, 0.4) is 0 Å². The Kier molecular flexibility index (Phi) is 5.74. The third kappa shape index (κ3) is 3.90. The quantitative estimate of drug-likeness (QED) is 0.580. The van der Waals surface area contributed by atoms with E-state index >= 15 is 0 Å². The molecule has 6 heteroatoms. The second kappa shape index (κ2) is 8.61. The van der Waals surface area contributed by atoms with Crippen molar-refractivity contribution in [2.75, 3.05) is 25.5 Å². The van der Waals surface area contributed by atoms with Crippen molar-refractivity contribution >= 4 is 28.5 Å². The Morgan fingerprint density at radius 3 is 2.37 bits per heavy atom. The standard InChI is InChI=1S/C24H28N4O2/c1-16-14-18-20(17-10-6-5-7-11-17)22(23(29)28-12-8-3-4-9-13-28)27-21(18)19(15-16)26-24(30)25-2/h5-7,10-11,14-15,27H,3-4,8-9,12-13H2,1-2H3,(H2,25,26,30). The van der Waals surface area contributed by atoms with E-state index in [1.807, 2.05) is 48.2 Å². The summed E-state index contributed by atoms with van der Waals surface area (Å²) in [5.74, 6) is 0.0236. The van der Waals surface area contributed by atoms with Crippen molar-refractivity contribution < 1.29 is 9.59 Å². The van der Waals surface area contributed by atoms with Crippen molar-refractivity contribution in [1.82, 2.24) is 15.2 Å². The fraction of sp³-hybridized carbons (Fsp3) is 0.333. The number of nitrogens with one attached hydrogen (secondary N) is 3. The molecule has 0 spiro atoms. The summed E-state index contributed by atoms with van der Waals surface area (Å²) >= 11 is 0. The number of H-pyrrole nitrogens is 1. The first-order valence-electron chi connectivity index (χ1n) is 10.6. The van der Waals surface area contributed by atoms with Gasteiger partial charge in [0.25, 0.3) is 5.91 Å². The number of amides is 3. The van der Waals surface area contributed by atoms with E-state index in [-0.39, 0.29) is 11.9 Å². The van der Waals surface area contributed by atoms with Crippen LogP contribution in [-0.4, -0.2) is 42.0 Å². The third-order valence-electron chi connectivity index (χ3n) is 5.70. The van der Waals surface area contributed by atoms with Crippen LogP contribution in [0.2, 0.25) is 0 Å². The summed E-state index contributed by atoms with van der Waals surface area (Å²) in [5, 5.41) is 6.42. The van der Waals surface area contributed by atoms with Crippen molar-refractivity contribution in [3.63, 3.8) is 0 Å². The van der Waals surface area contributed by atoms with Crippen LogP contribution in [-0.2, 0) is 0 Å². The van der Waals surface area contributed by atoms with Gasteiger partial charge >= 0.3 is 6.03 Å². The van der Waals surface area contributed by atoms with E-state index in [2.05, 4.69) is 21.7 Å². The minimum absolute atomic E-state index is 0.0236. The van der Waals surface area contributed by atoms with Crippen LogP contribution in [0, 0.1) is 6.92 Å². The number of fused-ring (bicyclic) bond motifs is 1. The zero-order valence-electron chi connectivity index (χ0n) is 17.5. The van der Waals surface area contributed by atoms with Gasteiger partial charge < -0.3 is 20.5 Å². The maximum Gasteiger partial charge on any atom is 0.319 e. The van der Waals surface area contributed by atoms with Crippen LogP contribution < -0.4 is 10.6 Å². The lowest BCUT2D eigenvalue weighted by Crippen LogP contribution is -2.32. The molecule has 3 N–H and O–H groups in total. The number of nitrogens with zero attached hydrogens (tertiary/aromatic N) is 1. The molecule has 1 aliphatic heterocycles. The molecule has 156 valence electrons. The maximum atomic E-state index is 13.6. The first kappa shape index (κ1) is 20.0. The molecule has 0 aliphatic carbocycles. The highest BCUT2D eigenvalue weighted by molar-refractivity contribution is 6.13. The molecule has 3 aromatic rings. The highest BCUT2D eigenvalue weighted by Crippen LogP contribution is 2.37. The molecule has 0 saturated carbocycles. The second-order valence-electron chi connectivity index (χ2n) is 7.89. The number of urea groups is 1. The topological polar surface area (TPSA) is 77.2 Å². The first-order chi connectivity index (χ1) is 14.6. The minimum atomic E-state index is -0.293. The number of rotatable bonds is 3. The maximum absolute atomic E-state index is 13.6. The molecule has 2 aromatic carbocycles. The van der Waals surface area contributed by atoms with Crippen LogP contribution >= 0.6 is 0 Å². The number of hydrogen-bond acceptors (Lipinski definition) is 2. The zero-order chi connectivity index (χ0) is 21.1. The highest BCUT2D eigenvalue weighted by Gasteiger charge is 2.25. The van der Waals surface area contributed by atoms with Gasteiger partial charge in [-0.05, 0) is 43.0 Å². The number of aryl methyl sites for hydroxylation is 1. The Bertz CT molecular complexity index is 1060. The smallest absolute Gasteiger partial charge is 0.319 e. The molecule has 0 unspecified atom stereocenters. The molecule has 0 atom stereocenters. The normalized spacial score (nSPS) is 14.4. The van der Waals surface area contributed by atoms with E-state index in [0.29, 0.717) is 11.4 Å². The Hall–Kier alpha value is -3.28. The molecule has 4 rings (SSSR count). The summed E-state index contributed by atoms with van der Waals surface area (Å²) in [5.41, 5.74) is 4.90. The lowest BCUT2D eigenvalue weighted by molar-refractivity contribution is 0.0757. The molecule has 0 bridgehead atoms. The summed E-state index contributed by atoms with van der Waals surface area (Å²) in [6.45, 7) is 3.56. The highest BCUT2D eigenvalue weighted by atomic mass is 16.2. The van der Waals surface area contributed by atoms with E-state index in [9.17, 15) is 9.59 Å². The summed E-state index contributed by atoms with van der Waals surface area (Å²) < 4.78 is 0. The van der Waals surface area contributed by atoms with Gasteiger partial charge in [-0.15, -0.1) is 0 Å². The van der Waals surface area contributed by atoms with Crippen molar-refractivity contribution in [2.24, 2.45) is 0 Å². The van der Waals surface area contributed by atoms with Gasteiger partial charge in [0.2, 0.25) is 0 Å². The van der Waals surface area contributed by atoms with Crippen molar-refractivity contribution in [3.8, 4) is 11.1 Å². The van der Waals surface area contributed by atoms with Crippen LogP contribution in [0.1, 0.15) is 41.7 Å². The Labute approximate surface area is 176 Å². The van der Waals surface area contributed by atoms with Gasteiger partial charge in [-0.2, -0.15) is 0 Å². The molecule has 6 nitrogen and oxygen atoms in total. The summed E-state index contributed by atoms with van der Waals surface area (Å²) in [6, 6.07) is 13.7. The van der Waals surface area contributed by atoms with E-state index in [1.54, 1.807) is 7.05 Å². The van der Waals surface area contributed by atoms with E-state index in [4.69, 9.17) is 0 Å². The van der Waals surface area contributed by atoms with Gasteiger partial charge in [0, 0.05) is 31.1 Å². The minimum Gasteiger partial charge on any atom is -0.348 e. The monoisotopic (exact) mass is 404 g/mol. The molecule has 1 aromatic heterocycles. The molecule has 1 aliphatic rings. The summed E-state index contributed by atoms with van der Waals surface area (Å²) in [4.78, 5) is 30.9. The molecule has 30 heavy (non-hydrogen) atoms. The van der Waals surface area contributed by atoms with Crippen molar-refractivity contribution in [3.05, 3.63) is 53.7 Å². The number of aromatic nitrogens is 1. The average molecular weight is 405 g/mol. The predicted octanol–water partition coefficient (Wildman–Crippen LogP) is 4.91. The van der Waals surface area contributed by atoms with E-state index in [1.165, 1.54) is 12.8 Å². The Morgan fingerprint density at radius 2 is 1.70 bits per heavy atom. The van der Waals surface area contributed by atoms with Gasteiger partial charge in [0.1, 0.15) is 5.69 Å². The Balaban J connectivity index is 1.90. The molecule has 0 radical (unpaired) electrons. The second-order valence-corrected chi connectivity index (χ2v) is 7.89. The molecule has 1 fully saturated rings. The van der Waals surface area contributed by atoms with Gasteiger partial charge in [-0.25, -0.2) is 4.79 Å². The van der Waals surface area contributed by atoms with Gasteiger partial charge in [-0.3, -0.25) is 4.79 Å². The SMILES string of the molecule is CNC(=O)Nc1cc(C)cc2c(-c3ccccc3)c(C(=O)N3CCCCCC3)[nH]c12. The number of likely N-dealkylation sites (tertiary alicyclic amines) is 1. The molecular formula is C24H28N4O2. The lowest BCUT2D eigenvalue weighted by atomic mass is 9.99. The number of carbonyl (C=O) groups is 2. The fourth-order valence-electron chi connectivity index (χ4n) is 4.22. The van der Waals surface area contributed by atoms with E-state index in [0.717, 1.165) is 53.5 Å². The lowest BCUT2D eigenvalue weighted by Gasteiger charge is -2.20. The summed E-state index contributed by atoms with van der Waals surface area (Å²) in [7, 11) is 1.58. The zero-order valence-corrected chi connectivity index (χ0v) is 17.5. The number of aromatic amines is 1. The van der Waals surface area contributed by atoms with Crippen molar-refractivity contribution in [1.29, 1.82) is 0 Å². The van der Waals surface area contributed by atoms with Gasteiger partial charge in [0.15, 0.2) is 0 Å². The van der Waals surface area contributed by atoms with Crippen LogP contribution in [0.4, 0.5) is 10.5 Å². The number of hydrogen-bond donors (Lipinski definition) is 3. The number of benzene rings is 2. The van der Waals surface area contributed by atoms with Crippen LogP contribution in [0.15, 0.2) is 42.5 Å². The largest absolute Gasteiger partial charge is 0.348 e. The van der Waals surface area contributed by atoms with Gasteiger partial charge in [-0.1, -0.05) is 43.2 Å². The Morgan fingerprint density at radius 1 is 1.00 bits per heavy atom. The molecule has 3 amide bonds. The molecular weight excluding hydrogens is 376 g/mol. The van der Waals surface area contributed by atoms with Crippen LogP contribution in [0.25, 0.3) is 22.0 Å². The van der Waals surface area contributed by atoms with Crippen molar-refractivity contribution in [2.45, 2.75) is 32.6 Å². The average Bonchev–Trinajstić information content (AvgIpc) is 2.93. The van der Waals surface area contributed by atoms with E-state index < -0.39 is 0 Å². The molecule has 1 saturated heterocycles. The summed E-state index contributed by atoms with van der Waals surface area (Å²) in [6.07, 6.45) is 4.41. The third-order valence-corrected chi connectivity index (χ3v) is 5.70. The van der Waals surface area contributed by atoms with Gasteiger partial charge in [0.05, 0.1) is 11.2 Å². The predicted molar refractivity (Wildman–Crippen MR) is 121 cm³/mol. The first-order valence-corrected chi connectivity index (χ1v) is 10.6. The number of anilines is 1. The van der Waals surface area contributed by atoms with Crippen LogP contribution in [0.5, 0.6) is 0 Å². The molecule has 2 heterocycles.